The first-order chi connectivity index (χ1) is 7.16. The van der Waals surface area contributed by atoms with Gasteiger partial charge in [-0.25, -0.2) is 0 Å². The molecule has 0 saturated carbocycles. The van der Waals surface area contributed by atoms with Crippen molar-refractivity contribution in [2.24, 2.45) is 5.73 Å². The molecule has 0 saturated heterocycles. The molecular formula is C12H12N2O. The maximum atomic E-state index is 10.6. The first kappa shape index (κ1) is 9.52. The minimum Gasteiger partial charge on any atom is -0.366 e. The minimum absolute atomic E-state index is 0.430. The van der Waals surface area contributed by atoms with Crippen LogP contribution in [0.4, 0.5) is 0 Å². The van der Waals surface area contributed by atoms with Gasteiger partial charge in [0.2, 0.25) is 5.91 Å². The fraction of sp³-hybridized carbons (Fsp3) is 0.0833. The molecule has 76 valence electrons. The highest BCUT2D eigenvalue weighted by molar-refractivity contribution is 5.91. The molecule has 0 radical (unpaired) electrons. The molecule has 2 aromatic rings. The standard InChI is InChI=1S/C12H12N2O/c1-8-6-10-4-5-14-11(10)7-9(8)2-3-12(13)15/h2-7,14H,1H3,(H2,13,15). The van der Waals surface area contributed by atoms with Crippen molar-refractivity contribution in [3.05, 3.63) is 41.6 Å². The fourth-order valence-electron chi connectivity index (χ4n) is 1.58. The summed E-state index contributed by atoms with van der Waals surface area (Å²) >= 11 is 0. The Morgan fingerprint density at radius 1 is 1.47 bits per heavy atom. The van der Waals surface area contributed by atoms with Gasteiger partial charge in [0, 0.05) is 17.8 Å². The topological polar surface area (TPSA) is 58.9 Å². The molecule has 3 heteroatoms. The van der Waals surface area contributed by atoms with Crippen LogP contribution < -0.4 is 5.73 Å². The van der Waals surface area contributed by atoms with Crippen molar-refractivity contribution in [3.8, 4) is 0 Å². The van der Waals surface area contributed by atoms with Gasteiger partial charge in [-0.3, -0.25) is 4.79 Å². The number of carbonyl (C=O) groups excluding carboxylic acids is 1. The molecular weight excluding hydrogens is 188 g/mol. The zero-order chi connectivity index (χ0) is 10.8. The summed E-state index contributed by atoms with van der Waals surface area (Å²) in [5, 5.41) is 1.17. The minimum atomic E-state index is -0.430. The summed E-state index contributed by atoms with van der Waals surface area (Å²) in [6.45, 7) is 2.01. The largest absolute Gasteiger partial charge is 0.366 e. The van der Waals surface area contributed by atoms with Crippen LogP contribution in [0, 0.1) is 6.92 Å². The fourth-order valence-corrected chi connectivity index (χ4v) is 1.58. The number of nitrogens with one attached hydrogen (secondary N) is 1. The first-order valence-electron chi connectivity index (χ1n) is 4.72. The highest BCUT2D eigenvalue weighted by Crippen LogP contribution is 2.19. The third-order valence-corrected chi connectivity index (χ3v) is 2.37. The Morgan fingerprint density at radius 2 is 2.27 bits per heavy atom. The second-order valence-electron chi connectivity index (χ2n) is 3.51. The van der Waals surface area contributed by atoms with Crippen LogP contribution in [0.15, 0.2) is 30.5 Å². The van der Waals surface area contributed by atoms with E-state index in [2.05, 4.69) is 11.1 Å². The molecule has 1 heterocycles. The van der Waals surface area contributed by atoms with Crippen LogP contribution >= 0.6 is 0 Å². The highest BCUT2D eigenvalue weighted by Gasteiger charge is 1.99. The van der Waals surface area contributed by atoms with Gasteiger partial charge in [0.1, 0.15) is 0 Å². The van der Waals surface area contributed by atoms with Gasteiger partial charge in [-0.2, -0.15) is 0 Å². The van der Waals surface area contributed by atoms with Crippen LogP contribution in [0.5, 0.6) is 0 Å². The van der Waals surface area contributed by atoms with E-state index in [1.165, 1.54) is 11.5 Å². The van der Waals surface area contributed by atoms with Gasteiger partial charge in [-0.1, -0.05) is 0 Å². The van der Waals surface area contributed by atoms with Gasteiger partial charge < -0.3 is 10.7 Å². The van der Waals surface area contributed by atoms with Gasteiger partial charge in [0.25, 0.3) is 0 Å². The smallest absolute Gasteiger partial charge is 0.241 e. The van der Waals surface area contributed by atoms with Crippen molar-refractivity contribution in [2.45, 2.75) is 6.92 Å². The van der Waals surface area contributed by atoms with Crippen molar-refractivity contribution >= 4 is 22.9 Å². The monoisotopic (exact) mass is 200 g/mol. The Morgan fingerprint density at radius 3 is 3.00 bits per heavy atom. The number of aromatic nitrogens is 1. The van der Waals surface area contributed by atoms with E-state index in [9.17, 15) is 4.79 Å². The second-order valence-corrected chi connectivity index (χ2v) is 3.51. The molecule has 1 amide bonds. The Labute approximate surface area is 87.6 Å². The maximum absolute atomic E-state index is 10.6. The van der Waals surface area contributed by atoms with Gasteiger partial charge in [-0.15, -0.1) is 0 Å². The molecule has 1 aromatic carbocycles. The molecule has 0 aliphatic rings. The molecule has 0 bridgehead atoms. The van der Waals surface area contributed by atoms with E-state index >= 15 is 0 Å². The van der Waals surface area contributed by atoms with Crippen molar-refractivity contribution in [3.63, 3.8) is 0 Å². The summed E-state index contributed by atoms with van der Waals surface area (Å²) in [6, 6.07) is 6.10. The second kappa shape index (κ2) is 3.61. The molecule has 0 spiro atoms. The Kier molecular flexibility index (Phi) is 2.29. The van der Waals surface area contributed by atoms with Crippen LogP contribution in [-0.4, -0.2) is 10.9 Å². The summed E-state index contributed by atoms with van der Waals surface area (Å²) in [4.78, 5) is 13.7. The molecule has 1 aromatic heterocycles. The van der Waals surface area contributed by atoms with Crippen molar-refractivity contribution < 1.29 is 4.79 Å². The quantitative estimate of drug-likeness (QED) is 0.715. The van der Waals surface area contributed by atoms with Gasteiger partial charge in [-0.05, 0) is 47.7 Å². The van der Waals surface area contributed by atoms with Gasteiger partial charge in [0.15, 0.2) is 0 Å². The van der Waals surface area contributed by atoms with Crippen LogP contribution in [0.1, 0.15) is 11.1 Å². The van der Waals surface area contributed by atoms with E-state index < -0.39 is 5.91 Å². The van der Waals surface area contributed by atoms with E-state index in [4.69, 9.17) is 5.73 Å². The number of rotatable bonds is 2. The molecule has 0 atom stereocenters. The lowest BCUT2D eigenvalue weighted by Gasteiger charge is -2.00. The van der Waals surface area contributed by atoms with Crippen molar-refractivity contribution in [1.82, 2.24) is 4.98 Å². The first-order valence-corrected chi connectivity index (χ1v) is 4.72. The van der Waals surface area contributed by atoms with Crippen molar-refractivity contribution in [1.29, 1.82) is 0 Å². The van der Waals surface area contributed by atoms with Gasteiger partial charge >= 0.3 is 0 Å². The van der Waals surface area contributed by atoms with Crippen LogP contribution in [-0.2, 0) is 4.79 Å². The molecule has 0 unspecified atom stereocenters. The number of hydrogen-bond acceptors (Lipinski definition) is 1. The Hall–Kier alpha value is -2.03. The normalized spacial score (nSPS) is 11.3. The molecule has 0 fully saturated rings. The van der Waals surface area contributed by atoms with Crippen molar-refractivity contribution in [2.75, 3.05) is 0 Å². The molecule has 0 aliphatic carbocycles. The Balaban J connectivity index is 2.50. The average molecular weight is 200 g/mol. The number of amides is 1. The number of H-pyrrole nitrogens is 1. The summed E-state index contributed by atoms with van der Waals surface area (Å²) < 4.78 is 0. The predicted octanol–water partition coefficient (Wildman–Crippen LogP) is 1.97. The molecule has 15 heavy (non-hydrogen) atoms. The van der Waals surface area contributed by atoms with E-state index in [-0.39, 0.29) is 0 Å². The lowest BCUT2D eigenvalue weighted by atomic mass is 10.1. The average Bonchev–Trinajstić information content (AvgIpc) is 2.60. The van der Waals surface area contributed by atoms with E-state index in [1.807, 2.05) is 25.3 Å². The highest BCUT2D eigenvalue weighted by atomic mass is 16.1. The molecule has 3 N–H and O–H groups in total. The molecule has 2 rings (SSSR count). The maximum Gasteiger partial charge on any atom is 0.241 e. The number of benzene rings is 1. The van der Waals surface area contributed by atoms with E-state index in [1.54, 1.807) is 6.08 Å². The lowest BCUT2D eigenvalue weighted by Crippen LogP contribution is -2.05. The SMILES string of the molecule is Cc1cc2cc[nH]c2cc1C=CC(N)=O. The number of nitrogens with two attached hydrogens (primary N) is 1. The zero-order valence-electron chi connectivity index (χ0n) is 8.45. The number of fused-ring (bicyclic) bond motifs is 1. The van der Waals surface area contributed by atoms with Crippen LogP contribution in [0.25, 0.3) is 17.0 Å². The molecule has 3 nitrogen and oxygen atoms in total. The summed E-state index contributed by atoms with van der Waals surface area (Å²) in [7, 11) is 0. The predicted molar refractivity (Wildman–Crippen MR) is 61.3 cm³/mol. The van der Waals surface area contributed by atoms with Crippen LogP contribution in [0.3, 0.4) is 0 Å². The van der Waals surface area contributed by atoms with E-state index in [0.717, 1.165) is 16.6 Å². The Bertz CT molecular complexity index is 538. The lowest BCUT2D eigenvalue weighted by molar-refractivity contribution is -0.113. The number of hydrogen-bond donors (Lipinski definition) is 2. The third kappa shape index (κ3) is 1.91. The number of primary amides is 1. The van der Waals surface area contributed by atoms with Gasteiger partial charge in [0.05, 0.1) is 0 Å². The van der Waals surface area contributed by atoms with E-state index in [0.29, 0.717) is 0 Å². The summed E-state index contributed by atoms with van der Waals surface area (Å²) in [6.07, 6.45) is 5.00. The summed E-state index contributed by atoms with van der Waals surface area (Å²) in [5.74, 6) is -0.430. The zero-order valence-corrected chi connectivity index (χ0v) is 8.45. The summed E-state index contributed by atoms with van der Waals surface area (Å²) in [5.41, 5.74) is 8.24. The number of carbonyl (C=O) groups is 1. The number of aromatic amines is 1. The number of aryl methyl sites for hydroxylation is 1. The van der Waals surface area contributed by atoms with Crippen LogP contribution in [0.2, 0.25) is 0 Å². The molecule has 0 aliphatic heterocycles. The third-order valence-electron chi connectivity index (χ3n) is 2.37.